The number of benzene rings is 2. The van der Waals surface area contributed by atoms with Crippen LogP contribution in [0.4, 0.5) is 4.39 Å². The van der Waals surface area contributed by atoms with Crippen LogP contribution in [0.1, 0.15) is 17.5 Å². The van der Waals surface area contributed by atoms with Crippen LogP contribution in [-0.4, -0.2) is 6.61 Å². The van der Waals surface area contributed by atoms with Crippen molar-refractivity contribution in [3.8, 4) is 5.75 Å². The zero-order chi connectivity index (χ0) is 13.5. The first-order valence-electron chi connectivity index (χ1n) is 6.44. The van der Waals surface area contributed by atoms with E-state index in [9.17, 15) is 4.39 Å². The molecule has 2 aromatic rings. The molecular weight excluding hydrogens is 241 g/mol. The lowest BCUT2D eigenvalue weighted by atomic mass is 10.1. The Kier molecular flexibility index (Phi) is 4.93. The lowest BCUT2D eigenvalue weighted by Gasteiger charge is -2.08. The molecule has 19 heavy (non-hydrogen) atoms. The van der Waals surface area contributed by atoms with E-state index >= 15 is 0 Å². The standard InChI is InChI=1S/C16H18FNO/c17-15-9-14(12-18)10-16(11-15)19-8-4-7-13-5-2-1-3-6-13/h1-3,5-6,9-11H,4,7-8,12,18H2. The average molecular weight is 259 g/mol. The molecule has 2 N–H and O–H groups in total. The number of nitrogens with two attached hydrogens (primary N) is 1. The molecule has 0 aliphatic carbocycles. The molecule has 0 aliphatic rings. The molecule has 0 saturated heterocycles. The maximum Gasteiger partial charge on any atom is 0.127 e. The zero-order valence-corrected chi connectivity index (χ0v) is 10.8. The lowest BCUT2D eigenvalue weighted by molar-refractivity contribution is 0.309. The molecule has 0 spiro atoms. The Labute approximate surface area is 113 Å². The number of hydrogen-bond acceptors (Lipinski definition) is 2. The molecule has 0 aliphatic heterocycles. The first-order chi connectivity index (χ1) is 9.28. The van der Waals surface area contributed by atoms with Gasteiger partial charge in [0.1, 0.15) is 11.6 Å². The molecule has 0 aromatic heterocycles. The normalized spacial score (nSPS) is 10.4. The molecule has 0 unspecified atom stereocenters. The molecular formula is C16H18FNO. The highest BCUT2D eigenvalue weighted by Gasteiger charge is 2.01. The highest BCUT2D eigenvalue weighted by Crippen LogP contribution is 2.16. The van der Waals surface area contributed by atoms with E-state index < -0.39 is 0 Å². The summed E-state index contributed by atoms with van der Waals surface area (Å²) in [6.45, 7) is 0.889. The Bertz CT molecular complexity index is 513. The third-order valence-electron chi connectivity index (χ3n) is 2.89. The second-order valence-electron chi connectivity index (χ2n) is 4.44. The summed E-state index contributed by atoms with van der Waals surface area (Å²) < 4.78 is 18.8. The van der Waals surface area contributed by atoms with Crippen molar-refractivity contribution < 1.29 is 9.13 Å². The Morgan fingerprint density at radius 3 is 2.53 bits per heavy atom. The number of halogens is 1. The second kappa shape index (κ2) is 6.90. The molecule has 0 radical (unpaired) electrons. The first-order valence-corrected chi connectivity index (χ1v) is 6.44. The number of hydrogen-bond donors (Lipinski definition) is 1. The number of aryl methyl sites for hydroxylation is 1. The van der Waals surface area contributed by atoms with Gasteiger partial charge in [0, 0.05) is 12.6 Å². The van der Waals surface area contributed by atoms with Crippen molar-refractivity contribution in [3.63, 3.8) is 0 Å². The lowest BCUT2D eigenvalue weighted by Crippen LogP contribution is -2.02. The van der Waals surface area contributed by atoms with Crippen LogP contribution in [0.25, 0.3) is 0 Å². The fourth-order valence-electron chi connectivity index (χ4n) is 1.93. The largest absolute Gasteiger partial charge is 0.493 e. The van der Waals surface area contributed by atoms with E-state index in [4.69, 9.17) is 10.5 Å². The van der Waals surface area contributed by atoms with Crippen LogP contribution < -0.4 is 10.5 Å². The van der Waals surface area contributed by atoms with Gasteiger partial charge in [-0.2, -0.15) is 0 Å². The Morgan fingerprint density at radius 2 is 1.79 bits per heavy atom. The van der Waals surface area contributed by atoms with Gasteiger partial charge in [-0.3, -0.25) is 0 Å². The van der Waals surface area contributed by atoms with E-state index in [2.05, 4.69) is 12.1 Å². The van der Waals surface area contributed by atoms with Crippen molar-refractivity contribution in [2.75, 3.05) is 6.61 Å². The molecule has 0 bridgehead atoms. The minimum absolute atomic E-state index is 0.305. The van der Waals surface area contributed by atoms with Crippen LogP contribution in [0.2, 0.25) is 0 Å². The van der Waals surface area contributed by atoms with E-state index in [1.807, 2.05) is 18.2 Å². The summed E-state index contributed by atoms with van der Waals surface area (Å²) >= 11 is 0. The van der Waals surface area contributed by atoms with Gasteiger partial charge in [-0.05, 0) is 36.1 Å². The van der Waals surface area contributed by atoms with E-state index in [0.29, 0.717) is 18.9 Å². The summed E-state index contributed by atoms with van der Waals surface area (Å²) in [5.41, 5.74) is 7.53. The van der Waals surface area contributed by atoms with Gasteiger partial charge in [-0.1, -0.05) is 30.3 Å². The summed E-state index contributed by atoms with van der Waals surface area (Å²) in [5.74, 6) is 0.245. The molecule has 2 nitrogen and oxygen atoms in total. The van der Waals surface area contributed by atoms with Gasteiger partial charge in [0.05, 0.1) is 6.61 Å². The van der Waals surface area contributed by atoms with Crippen LogP contribution in [0.3, 0.4) is 0 Å². The summed E-state index contributed by atoms with van der Waals surface area (Å²) in [5, 5.41) is 0. The van der Waals surface area contributed by atoms with E-state index in [-0.39, 0.29) is 5.82 Å². The minimum atomic E-state index is -0.305. The predicted molar refractivity (Wildman–Crippen MR) is 74.5 cm³/mol. The van der Waals surface area contributed by atoms with E-state index in [0.717, 1.165) is 18.4 Å². The van der Waals surface area contributed by atoms with Crippen LogP contribution in [0, 0.1) is 5.82 Å². The van der Waals surface area contributed by atoms with Gasteiger partial charge >= 0.3 is 0 Å². The van der Waals surface area contributed by atoms with Gasteiger partial charge in [0.2, 0.25) is 0 Å². The molecule has 0 amide bonds. The number of ether oxygens (including phenoxy) is 1. The molecule has 100 valence electrons. The quantitative estimate of drug-likeness (QED) is 0.808. The van der Waals surface area contributed by atoms with E-state index in [1.54, 1.807) is 6.07 Å². The fraction of sp³-hybridized carbons (Fsp3) is 0.250. The molecule has 2 rings (SSSR count). The van der Waals surface area contributed by atoms with Crippen molar-refractivity contribution in [1.29, 1.82) is 0 Å². The Hall–Kier alpha value is -1.87. The Balaban J connectivity index is 1.81. The molecule has 0 saturated carbocycles. The summed E-state index contributed by atoms with van der Waals surface area (Å²) in [6, 6.07) is 14.8. The van der Waals surface area contributed by atoms with Gasteiger partial charge < -0.3 is 10.5 Å². The second-order valence-corrected chi connectivity index (χ2v) is 4.44. The summed E-state index contributed by atoms with van der Waals surface area (Å²) in [6.07, 6.45) is 1.86. The maximum absolute atomic E-state index is 13.3. The van der Waals surface area contributed by atoms with Crippen LogP contribution in [-0.2, 0) is 13.0 Å². The first kappa shape index (κ1) is 13.6. The smallest absolute Gasteiger partial charge is 0.127 e. The average Bonchev–Trinajstić information content (AvgIpc) is 2.44. The van der Waals surface area contributed by atoms with Gasteiger partial charge in [-0.25, -0.2) is 4.39 Å². The van der Waals surface area contributed by atoms with E-state index in [1.165, 1.54) is 17.7 Å². The topological polar surface area (TPSA) is 35.2 Å². The third-order valence-corrected chi connectivity index (χ3v) is 2.89. The fourth-order valence-corrected chi connectivity index (χ4v) is 1.93. The molecule has 0 fully saturated rings. The molecule has 3 heteroatoms. The van der Waals surface area contributed by atoms with Crippen LogP contribution in [0.15, 0.2) is 48.5 Å². The van der Waals surface area contributed by atoms with Crippen molar-refractivity contribution in [3.05, 3.63) is 65.5 Å². The highest BCUT2D eigenvalue weighted by atomic mass is 19.1. The monoisotopic (exact) mass is 259 g/mol. The predicted octanol–water partition coefficient (Wildman–Crippen LogP) is 3.30. The van der Waals surface area contributed by atoms with Crippen LogP contribution in [0.5, 0.6) is 5.75 Å². The molecule has 0 heterocycles. The van der Waals surface area contributed by atoms with Gasteiger partial charge in [0.25, 0.3) is 0 Å². The van der Waals surface area contributed by atoms with Crippen molar-refractivity contribution >= 4 is 0 Å². The van der Waals surface area contributed by atoms with Crippen molar-refractivity contribution in [2.24, 2.45) is 5.73 Å². The highest BCUT2D eigenvalue weighted by molar-refractivity contribution is 5.29. The summed E-state index contributed by atoms with van der Waals surface area (Å²) in [4.78, 5) is 0. The summed E-state index contributed by atoms with van der Waals surface area (Å²) in [7, 11) is 0. The van der Waals surface area contributed by atoms with Crippen molar-refractivity contribution in [1.82, 2.24) is 0 Å². The van der Waals surface area contributed by atoms with Crippen molar-refractivity contribution in [2.45, 2.75) is 19.4 Å². The third kappa shape index (κ3) is 4.38. The van der Waals surface area contributed by atoms with Gasteiger partial charge in [-0.15, -0.1) is 0 Å². The Morgan fingerprint density at radius 1 is 1.00 bits per heavy atom. The molecule has 2 aromatic carbocycles. The SMILES string of the molecule is NCc1cc(F)cc(OCCCc2ccccc2)c1. The zero-order valence-electron chi connectivity index (χ0n) is 10.8. The maximum atomic E-state index is 13.3. The van der Waals surface area contributed by atoms with Crippen LogP contribution >= 0.6 is 0 Å². The van der Waals surface area contributed by atoms with Gasteiger partial charge in [0.15, 0.2) is 0 Å². The molecule has 0 atom stereocenters. The number of rotatable bonds is 6. The minimum Gasteiger partial charge on any atom is -0.493 e.